The van der Waals surface area contributed by atoms with E-state index in [1.807, 2.05) is 17.6 Å². The molecule has 0 fully saturated rings. The quantitative estimate of drug-likeness (QED) is 0.173. The van der Waals surface area contributed by atoms with Crippen molar-refractivity contribution in [3.05, 3.63) is 88.7 Å². The average Bonchev–Trinajstić information content (AvgIpc) is 3.28. The lowest BCUT2D eigenvalue weighted by molar-refractivity contribution is -0.137. The Morgan fingerprint density at radius 2 is 1.68 bits per heavy atom. The average molecular weight is 558 g/mol. The van der Waals surface area contributed by atoms with E-state index in [1.165, 1.54) is 24.4 Å². The van der Waals surface area contributed by atoms with E-state index in [0.717, 1.165) is 28.7 Å². The Hall–Kier alpha value is -4.08. The maximum absolute atomic E-state index is 13.7. The first-order valence-corrected chi connectivity index (χ1v) is 12.8. The number of hydrogen-bond acceptors (Lipinski definition) is 3. The molecule has 0 unspecified atom stereocenters. The largest absolute Gasteiger partial charge is 0.416 e. The zero-order valence-electron chi connectivity index (χ0n) is 22.2. The number of alkyl halides is 5. The number of ketones is 1. The Morgan fingerprint density at radius 3 is 2.27 bits per heavy atom. The zero-order valence-corrected chi connectivity index (χ0v) is 22.2. The van der Waals surface area contributed by atoms with E-state index in [1.54, 1.807) is 32.0 Å². The summed E-state index contributed by atoms with van der Waals surface area (Å²) in [6.45, 7) is 5.97. The maximum atomic E-state index is 13.7. The Kier molecular flexibility index (Phi) is 8.37. The number of rotatable bonds is 9. The Balaban J connectivity index is 1.62. The van der Waals surface area contributed by atoms with E-state index >= 15 is 0 Å². The first-order valence-electron chi connectivity index (χ1n) is 12.8. The fourth-order valence-corrected chi connectivity index (χ4v) is 4.53. The summed E-state index contributed by atoms with van der Waals surface area (Å²) in [4.78, 5) is 28.9. The van der Waals surface area contributed by atoms with E-state index in [2.05, 4.69) is 10.3 Å². The maximum Gasteiger partial charge on any atom is 0.416 e. The van der Waals surface area contributed by atoms with Crippen LogP contribution >= 0.6 is 0 Å². The minimum absolute atomic E-state index is 0.0526. The molecule has 4 rings (SSSR count). The van der Waals surface area contributed by atoms with Gasteiger partial charge in [0.05, 0.1) is 5.56 Å². The van der Waals surface area contributed by atoms with Crippen molar-refractivity contribution in [2.75, 3.05) is 0 Å². The number of carbonyl (C=O) groups excluding carboxylic acids is 2. The molecule has 5 nitrogen and oxygen atoms in total. The second-order valence-electron chi connectivity index (χ2n) is 9.79. The molecule has 0 aliphatic rings. The van der Waals surface area contributed by atoms with Crippen LogP contribution < -0.4 is 5.32 Å². The van der Waals surface area contributed by atoms with E-state index < -0.39 is 29.6 Å². The predicted octanol–water partition coefficient (Wildman–Crippen LogP) is 7.38. The molecule has 2 aromatic carbocycles. The topological polar surface area (TPSA) is 64.0 Å². The van der Waals surface area contributed by atoms with Gasteiger partial charge in [-0.25, -0.2) is 8.78 Å². The van der Waals surface area contributed by atoms with Crippen LogP contribution in [0.2, 0.25) is 0 Å². The molecule has 0 saturated carbocycles. The lowest BCUT2D eigenvalue weighted by Crippen LogP contribution is -2.27. The number of halogens is 5. The summed E-state index contributed by atoms with van der Waals surface area (Å²) in [7, 11) is 0. The number of hydrogen-bond donors (Lipinski definition) is 1. The fourth-order valence-electron chi connectivity index (χ4n) is 4.53. The summed E-state index contributed by atoms with van der Waals surface area (Å²) in [6.07, 6.45) is -6.32. The van der Waals surface area contributed by atoms with Crippen molar-refractivity contribution >= 4 is 22.6 Å². The van der Waals surface area contributed by atoms with Gasteiger partial charge in [0.1, 0.15) is 5.69 Å². The highest BCUT2D eigenvalue weighted by atomic mass is 19.4. The number of nitrogens with zero attached hydrogens (tertiary/aromatic N) is 2. The van der Waals surface area contributed by atoms with Crippen LogP contribution in [-0.4, -0.2) is 21.2 Å². The molecule has 0 aliphatic carbocycles. The van der Waals surface area contributed by atoms with Crippen LogP contribution in [-0.2, 0) is 30.5 Å². The van der Waals surface area contributed by atoms with Gasteiger partial charge in [-0.15, -0.1) is 0 Å². The second-order valence-corrected chi connectivity index (χ2v) is 9.79. The molecule has 1 amide bonds. The van der Waals surface area contributed by atoms with E-state index in [9.17, 15) is 31.5 Å². The minimum atomic E-state index is -4.43. The molecule has 1 N–H and O–H groups in total. The van der Waals surface area contributed by atoms with Crippen LogP contribution in [0.25, 0.3) is 22.2 Å². The molecule has 4 aromatic rings. The monoisotopic (exact) mass is 557 g/mol. The van der Waals surface area contributed by atoms with Gasteiger partial charge in [-0.1, -0.05) is 32.0 Å². The molecular weight excluding hydrogens is 529 g/mol. The van der Waals surface area contributed by atoms with Crippen molar-refractivity contribution in [1.29, 1.82) is 0 Å². The summed E-state index contributed by atoms with van der Waals surface area (Å²) < 4.78 is 68.3. The van der Waals surface area contributed by atoms with Gasteiger partial charge in [-0.2, -0.15) is 13.2 Å². The van der Waals surface area contributed by atoms with Gasteiger partial charge in [0.25, 0.3) is 6.43 Å². The number of aryl methyl sites for hydroxylation is 1. The number of carbonyl (C=O) groups is 2. The van der Waals surface area contributed by atoms with Crippen LogP contribution in [0.15, 0.2) is 60.8 Å². The Morgan fingerprint density at radius 1 is 0.975 bits per heavy atom. The third-order valence-corrected chi connectivity index (χ3v) is 6.63. The van der Waals surface area contributed by atoms with Crippen molar-refractivity contribution < 1.29 is 31.5 Å². The van der Waals surface area contributed by atoms with E-state index in [-0.39, 0.29) is 30.4 Å². The Bertz CT molecular complexity index is 1540. The normalized spacial score (nSPS) is 11.9. The smallest absolute Gasteiger partial charge is 0.352 e. The molecule has 40 heavy (non-hydrogen) atoms. The summed E-state index contributed by atoms with van der Waals surface area (Å²) in [5.41, 5.74) is 1.61. The van der Waals surface area contributed by atoms with Crippen LogP contribution in [0.1, 0.15) is 59.9 Å². The molecule has 0 saturated heterocycles. The highest BCUT2D eigenvalue weighted by Gasteiger charge is 2.30. The van der Waals surface area contributed by atoms with Gasteiger partial charge in [-0.3, -0.25) is 14.6 Å². The van der Waals surface area contributed by atoms with Gasteiger partial charge in [0, 0.05) is 53.8 Å². The van der Waals surface area contributed by atoms with E-state index in [0.29, 0.717) is 23.2 Å². The van der Waals surface area contributed by atoms with Crippen LogP contribution in [0.3, 0.4) is 0 Å². The molecule has 2 heterocycles. The molecule has 2 aromatic heterocycles. The zero-order chi connectivity index (χ0) is 29.2. The second kappa shape index (κ2) is 11.6. The highest BCUT2D eigenvalue weighted by molar-refractivity contribution is 5.99. The van der Waals surface area contributed by atoms with Gasteiger partial charge in [0.2, 0.25) is 5.91 Å². The van der Waals surface area contributed by atoms with Crippen molar-refractivity contribution in [2.24, 2.45) is 5.92 Å². The number of fused-ring (bicyclic) bond motifs is 1. The molecule has 10 heteroatoms. The first kappa shape index (κ1) is 28.9. The standard InChI is InChI=1S/C30H28F5N3O2/c1-4-38-24-10-5-18(11-21(24)14-25(38)20-6-8-22(9-7-20)30(33,34)35)13-26(39)23-12-19(15-36-27(23)28(31)32)16-37-29(40)17(2)3/h5-12,14-15,17,28H,4,13,16H2,1-3H3,(H,37,40). The number of pyridine rings is 1. The summed E-state index contributed by atoms with van der Waals surface area (Å²) in [5, 5.41) is 3.45. The lowest BCUT2D eigenvalue weighted by Gasteiger charge is -2.12. The highest BCUT2D eigenvalue weighted by Crippen LogP contribution is 2.33. The summed E-state index contributed by atoms with van der Waals surface area (Å²) in [6, 6.07) is 13.4. The van der Waals surface area contributed by atoms with Gasteiger partial charge in [-0.05, 0) is 60.0 Å². The summed E-state index contributed by atoms with van der Waals surface area (Å²) in [5.74, 6) is -1.02. The van der Waals surface area contributed by atoms with Crippen LogP contribution in [0, 0.1) is 5.92 Å². The number of amides is 1. The lowest BCUT2D eigenvalue weighted by atomic mass is 9.99. The first-order chi connectivity index (χ1) is 18.9. The van der Waals surface area contributed by atoms with Gasteiger partial charge >= 0.3 is 6.18 Å². The summed E-state index contributed by atoms with van der Waals surface area (Å²) >= 11 is 0. The van der Waals surface area contributed by atoms with Crippen LogP contribution in [0.4, 0.5) is 22.0 Å². The molecule has 0 bridgehead atoms. The molecule has 210 valence electrons. The molecule has 0 aliphatic heterocycles. The number of benzene rings is 2. The molecule has 0 spiro atoms. The van der Waals surface area contributed by atoms with Crippen molar-refractivity contribution in [3.63, 3.8) is 0 Å². The third kappa shape index (κ3) is 6.21. The third-order valence-electron chi connectivity index (χ3n) is 6.63. The van der Waals surface area contributed by atoms with Gasteiger partial charge in [0.15, 0.2) is 5.78 Å². The number of nitrogens with one attached hydrogen (secondary N) is 1. The van der Waals surface area contributed by atoms with Crippen molar-refractivity contribution in [2.45, 2.75) is 52.9 Å². The molecular formula is C30H28F5N3O2. The van der Waals surface area contributed by atoms with Crippen LogP contribution in [0.5, 0.6) is 0 Å². The SMILES string of the molecule is CCn1c(-c2ccc(C(F)(F)F)cc2)cc2cc(CC(=O)c3cc(CNC(=O)C(C)C)cnc3C(F)F)ccc21. The fraction of sp³-hybridized carbons (Fsp3) is 0.300. The van der Waals surface area contributed by atoms with E-state index in [4.69, 9.17) is 0 Å². The van der Waals surface area contributed by atoms with Crippen molar-refractivity contribution in [3.8, 4) is 11.3 Å². The Labute approximate surface area is 228 Å². The molecule has 0 radical (unpaired) electrons. The number of aromatic nitrogens is 2. The predicted molar refractivity (Wildman–Crippen MR) is 142 cm³/mol. The molecule has 0 atom stereocenters. The number of Topliss-reactive ketones (excluding diaryl/α,β-unsaturated/α-hetero) is 1. The van der Waals surface area contributed by atoms with Crippen molar-refractivity contribution in [1.82, 2.24) is 14.9 Å². The minimum Gasteiger partial charge on any atom is -0.352 e. The van der Waals surface area contributed by atoms with Gasteiger partial charge < -0.3 is 9.88 Å².